The molecule has 0 fully saturated rings. The van der Waals surface area contributed by atoms with Crippen LogP contribution in [0.5, 0.6) is 0 Å². The van der Waals surface area contributed by atoms with Crippen molar-refractivity contribution in [1.29, 1.82) is 0 Å². The van der Waals surface area contributed by atoms with Crippen LogP contribution in [0, 0.1) is 26.2 Å². The minimum atomic E-state index is -0.615. The van der Waals surface area contributed by atoms with Gasteiger partial charge in [0.25, 0.3) is 0 Å². The molecule has 1 atom stereocenters. The highest BCUT2D eigenvalue weighted by molar-refractivity contribution is 5.77. The molecular formula is C16H25NO2. The van der Waals surface area contributed by atoms with E-state index in [2.05, 4.69) is 38.2 Å². The van der Waals surface area contributed by atoms with Crippen LogP contribution in [0.25, 0.3) is 0 Å². The number of ether oxygens (including phenoxy) is 1. The molecule has 1 rings (SSSR count). The number of benzene rings is 1. The van der Waals surface area contributed by atoms with E-state index in [0.717, 1.165) is 5.56 Å². The van der Waals surface area contributed by atoms with Crippen molar-refractivity contribution in [3.8, 4) is 0 Å². The average Bonchev–Trinajstić information content (AvgIpc) is 2.34. The summed E-state index contributed by atoms with van der Waals surface area (Å²) in [4.78, 5) is 12.0. The van der Waals surface area contributed by atoms with Crippen LogP contribution in [0.2, 0.25) is 0 Å². The molecule has 0 heterocycles. The fourth-order valence-electron chi connectivity index (χ4n) is 2.58. The molecule has 0 radical (unpaired) electrons. The van der Waals surface area contributed by atoms with E-state index in [0.29, 0.717) is 0 Å². The number of hydrogen-bond acceptors (Lipinski definition) is 3. The Hall–Kier alpha value is -1.35. The summed E-state index contributed by atoms with van der Waals surface area (Å²) in [6.45, 7) is 10.1. The number of methoxy groups -OCH3 is 1. The van der Waals surface area contributed by atoms with Gasteiger partial charge in [0, 0.05) is 6.04 Å². The molecule has 0 aliphatic heterocycles. The standard InChI is InChI=1S/C16H25NO2/c1-10-8-12(3)13(9-11(10)2)14(17-6)16(4,5)15(18)19-7/h8-9,14,17H,1-7H3. The lowest BCUT2D eigenvalue weighted by molar-refractivity contribution is -0.152. The molecule has 106 valence electrons. The van der Waals surface area contributed by atoms with E-state index in [1.807, 2.05) is 20.9 Å². The van der Waals surface area contributed by atoms with Gasteiger partial charge in [-0.2, -0.15) is 0 Å². The Morgan fingerprint density at radius 1 is 1.16 bits per heavy atom. The van der Waals surface area contributed by atoms with Crippen molar-refractivity contribution in [1.82, 2.24) is 5.32 Å². The summed E-state index contributed by atoms with van der Waals surface area (Å²) in [6, 6.07) is 4.26. The molecule has 0 spiro atoms. The van der Waals surface area contributed by atoms with Crippen LogP contribution in [-0.2, 0) is 9.53 Å². The van der Waals surface area contributed by atoms with E-state index in [1.54, 1.807) is 0 Å². The summed E-state index contributed by atoms with van der Waals surface area (Å²) < 4.78 is 4.93. The first-order chi connectivity index (χ1) is 8.75. The first kappa shape index (κ1) is 15.7. The van der Waals surface area contributed by atoms with Crippen molar-refractivity contribution in [2.45, 2.75) is 40.7 Å². The smallest absolute Gasteiger partial charge is 0.313 e. The van der Waals surface area contributed by atoms with Crippen molar-refractivity contribution in [3.63, 3.8) is 0 Å². The van der Waals surface area contributed by atoms with E-state index in [1.165, 1.54) is 23.8 Å². The van der Waals surface area contributed by atoms with Gasteiger partial charge in [0.15, 0.2) is 0 Å². The Morgan fingerprint density at radius 2 is 1.68 bits per heavy atom. The molecule has 0 aliphatic rings. The molecule has 0 amide bonds. The van der Waals surface area contributed by atoms with Gasteiger partial charge in [-0.1, -0.05) is 12.1 Å². The third-order valence-corrected chi connectivity index (χ3v) is 3.92. The van der Waals surface area contributed by atoms with Crippen molar-refractivity contribution in [2.24, 2.45) is 5.41 Å². The van der Waals surface area contributed by atoms with E-state index in [9.17, 15) is 4.79 Å². The summed E-state index contributed by atoms with van der Waals surface area (Å²) in [5, 5.41) is 3.26. The van der Waals surface area contributed by atoms with Gasteiger partial charge in [-0.3, -0.25) is 4.79 Å². The lowest BCUT2D eigenvalue weighted by Crippen LogP contribution is -2.39. The Labute approximate surface area is 116 Å². The van der Waals surface area contributed by atoms with Gasteiger partial charge in [-0.25, -0.2) is 0 Å². The van der Waals surface area contributed by atoms with Gasteiger partial charge in [0.05, 0.1) is 12.5 Å². The van der Waals surface area contributed by atoms with Gasteiger partial charge in [-0.05, 0) is 63.9 Å². The largest absolute Gasteiger partial charge is 0.469 e. The van der Waals surface area contributed by atoms with Crippen molar-refractivity contribution < 1.29 is 9.53 Å². The van der Waals surface area contributed by atoms with E-state index in [-0.39, 0.29) is 12.0 Å². The van der Waals surface area contributed by atoms with Gasteiger partial charge >= 0.3 is 5.97 Å². The van der Waals surface area contributed by atoms with Crippen LogP contribution < -0.4 is 5.32 Å². The highest BCUT2D eigenvalue weighted by atomic mass is 16.5. The van der Waals surface area contributed by atoms with Gasteiger partial charge < -0.3 is 10.1 Å². The van der Waals surface area contributed by atoms with Crippen LogP contribution in [-0.4, -0.2) is 20.1 Å². The molecule has 0 bridgehead atoms. The maximum Gasteiger partial charge on any atom is 0.313 e. The number of aryl methyl sites for hydroxylation is 3. The van der Waals surface area contributed by atoms with E-state index in [4.69, 9.17) is 4.74 Å². The number of carbonyl (C=O) groups is 1. The molecule has 1 aromatic carbocycles. The highest BCUT2D eigenvalue weighted by Crippen LogP contribution is 2.36. The lowest BCUT2D eigenvalue weighted by Gasteiger charge is -2.33. The summed E-state index contributed by atoms with van der Waals surface area (Å²) in [5.74, 6) is -0.204. The first-order valence-electron chi connectivity index (χ1n) is 6.59. The lowest BCUT2D eigenvalue weighted by atomic mass is 9.78. The predicted octanol–water partition coefficient (Wildman–Crippen LogP) is 3.07. The van der Waals surface area contributed by atoms with Gasteiger partial charge in [0.1, 0.15) is 0 Å². The zero-order chi connectivity index (χ0) is 14.8. The molecule has 1 unspecified atom stereocenters. The van der Waals surface area contributed by atoms with Crippen molar-refractivity contribution in [3.05, 3.63) is 34.4 Å². The van der Waals surface area contributed by atoms with Crippen LogP contribution >= 0.6 is 0 Å². The molecular weight excluding hydrogens is 238 g/mol. The highest BCUT2D eigenvalue weighted by Gasteiger charge is 2.38. The number of carbonyl (C=O) groups excluding carboxylic acids is 1. The topological polar surface area (TPSA) is 38.3 Å². The molecule has 1 aromatic rings. The molecule has 0 aromatic heterocycles. The first-order valence-corrected chi connectivity index (χ1v) is 6.59. The van der Waals surface area contributed by atoms with Crippen molar-refractivity contribution >= 4 is 5.97 Å². The molecule has 0 saturated heterocycles. The van der Waals surface area contributed by atoms with E-state index >= 15 is 0 Å². The van der Waals surface area contributed by atoms with Gasteiger partial charge in [-0.15, -0.1) is 0 Å². The predicted molar refractivity (Wildman–Crippen MR) is 78.3 cm³/mol. The Morgan fingerprint density at radius 3 is 2.16 bits per heavy atom. The van der Waals surface area contributed by atoms with Crippen LogP contribution in [0.15, 0.2) is 12.1 Å². The average molecular weight is 263 g/mol. The molecule has 1 N–H and O–H groups in total. The Balaban J connectivity index is 3.32. The fourth-order valence-corrected chi connectivity index (χ4v) is 2.58. The van der Waals surface area contributed by atoms with Crippen molar-refractivity contribution in [2.75, 3.05) is 14.2 Å². The summed E-state index contributed by atoms with van der Waals surface area (Å²) >= 11 is 0. The SMILES string of the molecule is CNC(c1cc(C)c(C)cc1C)C(C)(C)C(=O)OC. The molecule has 3 nitrogen and oxygen atoms in total. The van der Waals surface area contributed by atoms with Crippen LogP contribution in [0.1, 0.15) is 42.1 Å². The third kappa shape index (κ3) is 2.98. The normalized spacial score (nSPS) is 13.2. The minimum absolute atomic E-state index is 0.0701. The van der Waals surface area contributed by atoms with Crippen LogP contribution in [0.3, 0.4) is 0 Å². The number of rotatable bonds is 4. The Bertz CT molecular complexity index is 478. The van der Waals surface area contributed by atoms with Crippen LogP contribution in [0.4, 0.5) is 0 Å². The second kappa shape index (κ2) is 5.74. The second-order valence-electron chi connectivity index (χ2n) is 5.73. The molecule has 19 heavy (non-hydrogen) atoms. The number of nitrogens with one attached hydrogen (secondary N) is 1. The Kier molecular flexibility index (Phi) is 4.75. The fraction of sp³-hybridized carbons (Fsp3) is 0.562. The number of esters is 1. The van der Waals surface area contributed by atoms with E-state index < -0.39 is 5.41 Å². The molecule has 0 aliphatic carbocycles. The third-order valence-electron chi connectivity index (χ3n) is 3.92. The zero-order valence-electron chi connectivity index (χ0n) is 13.0. The molecule has 3 heteroatoms. The maximum atomic E-state index is 12.0. The quantitative estimate of drug-likeness (QED) is 0.848. The number of hydrogen-bond donors (Lipinski definition) is 1. The van der Waals surface area contributed by atoms with Gasteiger partial charge in [0.2, 0.25) is 0 Å². The monoisotopic (exact) mass is 263 g/mol. The summed E-state index contributed by atoms with van der Waals surface area (Å²) in [7, 11) is 3.31. The second-order valence-corrected chi connectivity index (χ2v) is 5.73. The minimum Gasteiger partial charge on any atom is -0.469 e. The zero-order valence-corrected chi connectivity index (χ0v) is 13.0. The summed E-state index contributed by atoms with van der Waals surface area (Å²) in [6.07, 6.45) is 0. The summed E-state index contributed by atoms with van der Waals surface area (Å²) in [5.41, 5.74) is 4.24. The maximum absolute atomic E-state index is 12.0. The molecule has 0 saturated carbocycles.